The molecule has 0 radical (unpaired) electrons. The number of hydrogen-bond acceptors (Lipinski definition) is 4. The molecule has 0 rings (SSSR count). The molecule has 0 aliphatic rings. The third-order valence-electron chi connectivity index (χ3n) is 1.91. The maximum absolute atomic E-state index is 11.4. The van der Waals surface area contributed by atoms with Gasteiger partial charge in [-0.1, -0.05) is 30.7 Å². The van der Waals surface area contributed by atoms with Crippen molar-refractivity contribution in [3.63, 3.8) is 0 Å². The number of oxime groups is 1. The molecule has 0 aromatic rings. The number of allylic oxidation sites excluding steroid dienone is 1. The second-order valence-corrected chi connectivity index (χ2v) is 4.47. The van der Waals surface area contributed by atoms with Crippen molar-refractivity contribution < 1.29 is 10.0 Å². The van der Waals surface area contributed by atoms with E-state index in [4.69, 9.17) is 5.21 Å². The van der Waals surface area contributed by atoms with E-state index in [1.165, 1.54) is 11.3 Å². The molecule has 4 nitrogen and oxygen atoms in total. The SMILES string of the molecule is CCCC=CCSCCC(=O)N(C)C=NO. The van der Waals surface area contributed by atoms with Crippen LogP contribution in [-0.2, 0) is 4.79 Å². The highest BCUT2D eigenvalue weighted by Gasteiger charge is 2.05. The van der Waals surface area contributed by atoms with E-state index in [1.54, 1.807) is 18.8 Å². The first-order valence-corrected chi connectivity index (χ1v) is 6.53. The quantitative estimate of drug-likeness (QED) is 0.178. The van der Waals surface area contributed by atoms with Crippen LogP contribution in [0.2, 0.25) is 0 Å². The number of rotatable bonds is 8. The maximum Gasteiger partial charge on any atom is 0.228 e. The lowest BCUT2D eigenvalue weighted by molar-refractivity contribution is -0.125. The number of carbonyl (C=O) groups excluding carboxylic acids is 1. The minimum absolute atomic E-state index is 0.0390. The average molecular weight is 244 g/mol. The zero-order valence-electron chi connectivity index (χ0n) is 9.93. The Morgan fingerprint density at radius 3 is 2.88 bits per heavy atom. The minimum atomic E-state index is -0.0390. The highest BCUT2D eigenvalue weighted by atomic mass is 32.2. The average Bonchev–Trinajstić information content (AvgIpc) is 2.28. The van der Waals surface area contributed by atoms with Crippen molar-refractivity contribution in [2.45, 2.75) is 26.2 Å². The summed E-state index contributed by atoms with van der Waals surface area (Å²) in [6.07, 6.45) is 8.17. The lowest BCUT2D eigenvalue weighted by Crippen LogP contribution is -2.25. The fourth-order valence-corrected chi connectivity index (χ4v) is 1.74. The lowest BCUT2D eigenvalue weighted by atomic mass is 10.3. The molecule has 0 spiro atoms. The van der Waals surface area contributed by atoms with E-state index in [9.17, 15) is 4.79 Å². The predicted octanol–water partition coefficient (Wildman–Crippen LogP) is 2.34. The van der Waals surface area contributed by atoms with Crippen LogP contribution in [0.4, 0.5) is 0 Å². The van der Waals surface area contributed by atoms with Gasteiger partial charge in [0.1, 0.15) is 6.34 Å². The summed E-state index contributed by atoms with van der Waals surface area (Å²) in [7, 11) is 1.58. The molecule has 0 heterocycles. The Morgan fingerprint density at radius 1 is 1.50 bits per heavy atom. The van der Waals surface area contributed by atoms with Crippen LogP contribution in [0, 0.1) is 0 Å². The van der Waals surface area contributed by atoms with Gasteiger partial charge in [-0.2, -0.15) is 11.8 Å². The molecule has 0 atom stereocenters. The highest BCUT2D eigenvalue weighted by Crippen LogP contribution is 2.04. The summed E-state index contributed by atoms with van der Waals surface area (Å²) in [4.78, 5) is 12.6. The van der Waals surface area contributed by atoms with Crippen molar-refractivity contribution in [1.29, 1.82) is 0 Å². The second-order valence-electron chi connectivity index (χ2n) is 3.32. The predicted molar refractivity (Wildman–Crippen MR) is 69.0 cm³/mol. The summed E-state index contributed by atoms with van der Waals surface area (Å²) in [6.45, 7) is 2.15. The lowest BCUT2D eigenvalue weighted by Gasteiger charge is -2.09. The zero-order valence-corrected chi connectivity index (χ0v) is 10.7. The van der Waals surface area contributed by atoms with Crippen molar-refractivity contribution in [1.82, 2.24) is 4.90 Å². The molecule has 0 aromatic heterocycles. The van der Waals surface area contributed by atoms with Crippen LogP contribution >= 0.6 is 11.8 Å². The topological polar surface area (TPSA) is 52.9 Å². The number of hydrogen-bond donors (Lipinski definition) is 1. The van der Waals surface area contributed by atoms with Gasteiger partial charge in [0.05, 0.1) is 0 Å². The summed E-state index contributed by atoms with van der Waals surface area (Å²) in [5.41, 5.74) is 0. The van der Waals surface area contributed by atoms with E-state index in [0.29, 0.717) is 6.42 Å². The van der Waals surface area contributed by atoms with Gasteiger partial charge < -0.3 is 10.1 Å². The first-order valence-electron chi connectivity index (χ1n) is 5.38. The van der Waals surface area contributed by atoms with E-state index in [0.717, 1.165) is 24.3 Å². The molecular weight excluding hydrogens is 224 g/mol. The van der Waals surface area contributed by atoms with Crippen LogP contribution in [0.25, 0.3) is 0 Å². The van der Waals surface area contributed by atoms with Crippen LogP contribution in [0.5, 0.6) is 0 Å². The van der Waals surface area contributed by atoms with Crippen LogP contribution in [0.15, 0.2) is 17.3 Å². The minimum Gasteiger partial charge on any atom is -0.410 e. The van der Waals surface area contributed by atoms with Gasteiger partial charge in [0, 0.05) is 25.0 Å². The summed E-state index contributed by atoms with van der Waals surface area (Å²) in [5.74, 6) is 1.70. The maximum atomic E-state index is 11.4. The standard InChI is InChI=1S/C11H20N2O2S/c1-3-4-5-6-8-16-9-7-11(14)13(2)10-12-15/h5-6,10,15H,3-4,7-9H2,1-2H3. The van der Waals surface area contributed by atoms with Gasteiger partial charge in [-0.15, -0.1) is 0 Å². The largest absolute Gasteiger partial charge is 0.410 e. The first kappa shape index (κ1) is 15.0. The molecule has 1 amide bonds. The van der Waals surface area contributed by atoms with Crippen molar-refractivity contribution >= 4 is 24.0 Å². The summed E-state index contributed by atoms with van der Waals surface area (Å²) < 4.78 is 0. The Labute approximate surface area is 101 Å². The zero-order chi connectivity index (χ0) is 12.2. The third kappa shape index (κ3) is 8.35. The normalized spacial score (nSPS) is 11.4. The summed E-state index contributed by atoms with van der Waals surface area (Å²) in [6, 6.07) is 0. The number of carbonyl (C=O) groups is 1. The van der Waals surface area contributed by atoms with Crippen molar-refractivity contribution in [3.05, 3.63) is 12.2 Å². The van der Waals surface area contributed by atoms with E-state index < -0.39 is 0 Å². The third-order valence-corrected chi connectivity index (χ3v) is 2.84. The summed E-state index contributed by atoms with van der Waals surface area (Å²) >= 11 is 1.73. The van der Waals surface area contributed by atoms with Gasteiger partial charge in [0.2, 0.25) is 5.91 Å². The molecule has 1 N–H and O–H groups in total. The highest BCUT2D eigenvalue weighted by molar-refractivity contribution is 7.99. The van der Waals surface area contributed by atoms with Crippen LogP contribution in [0.1, 0.15) is 26.2 Å². The van der Waals surface area contributed by atoms with Gasteiger partial charge in [0.25, 0.3) is 0 Å². The Hall–Kier alpha value is -0.970. The fraction of sp³-hybridized carbons (Fsp3) is 0.636. The van der Waals surface area contributed by atoms with Gasteiger partial charge in [-0.25, -0.2) is 0 Å². The van der Waals surface area contributed by atoms with Crippen LogP contribution < -0.4 is 0 Å². The molecule has 0 saturated carbocycles. The Balaban J connectivity index is 3.48. The monoisotopic (exact) mass is 244 g/mol. The molecule has 5 heteroatoms. The number of thioether (sulfide) groups is 1. The molecule has 0 aliphatic carbocycles. The Kier molecular flexibility index (Phi) is 9.91. The number of unbranched alkanes of at least 4 members (excludes halogenated alkanes) is 1. The smallest absolute Gasteiger partial charge is 0.228 e. The molecule has 0 aliphatic heterocycles. The molecule has 92 valence electrons. The molecule has 0 aromatic carbocycles. The summed E-state index contributed by atoms with van der Waals surface area (Å²) in [5, 5.41) is 11.0. The van der Waals surface area contributed by atoms with E-state index >= 15 is 0 Å². The molecule has 0 bridgehead atoms. The van der Waals surface area contributed by atoms with Crippen molar-refractivity contribution in [2.75, 3.05) is 18.6 Å². The number of nitrogens with zero attached hydrogens (tertiary/aromatic N) is 2. The molecule has 0 fully saturated rings. The van der Waals surface area contributed by atoms with Gasteiger partial charge in [-0.3, -0.25) is 4.79 Å². The first-order chi connectivity index (χ1) is 7.72. The molecule has 0 saturated heterocycles. The van der Waals surface area contributed by atoms with Gasteiger partial charge in [0.15, 0.2) is 0 Å². The van der Waals surface area contributed by atoms with E-state index in [2.05, 4.69) is 24.2 Å². The Bertz CT molecular complexity index is 242. The molecular formula is C11H20N2O2S. The van der Waals surface area contributed by atoms with Crippen LogP contribution in [-0.4, -0.2) is 40.9 Å². The van der Waals surface area contributed by atoms with Crippen molar-refractivity contribution in [3.8, 4) is 0 Å². The van der Waals surface area contributed by atoms with E-state index in [-0.39, 0.29) is 5.91 Å². The van der Waals surface area contributed by atoms with Crippen LogP contribution in [0.3, 0.4) is 0 Å². The fourth-order valence-electron chi connectivity index (χ4n) is 0.982. The molecule has 0 unspecified atom stereocenters. The number of amides is 1. The van der Waals surface area contributed by atoms with Gasteiger partial charge >= 0.3 is 0 Å². The van der Waals surface area contributed by atoms with E-state index in [1.807, 2.05) is 0 Å². The molecule has 16 heavy (non-hydrogen) atoms. The van der Waals surface area contributed by atoms with Crippen molar-refractivity contribution in [2.24, 2.45) is 5.16 Å². The Morgan fingerprint density at radius 2 is 2.25 bits per heavy atom. The second kappa shape index (κ2) is 10.5. The van der Waals surface area contributed by atoms with Gasteiger partial charge in [-0.05, 0) is 6.42 Å².